The molecule has 90 valence electrons. The van der Waals surface area contributed by atoms with E-state index in [1.165, 1.54) is 6.07 Å². The third-order valence-electron chi connectivity index (χ3n) is 3.56. The second-order valence-corrected chi connectivity index (χ2v) is 4.93. The molecule has 1 aliphatic carbocycles. The molecule has 3 heteroatoms. The van der Waals surface area contributed by atoms with Crippen LogP contribution in [0.5, 0.6) is 0 Å². The summed E-state index contributed by atoms with van der Waals surface area (Å²) in [7, 11) is 0. The molecule has 0 atom stereocenters. The van der Waals surface area contributed by atoms with Crippen LogP contribution in [0.1, 0.15) is 30.4 Å². The van der Waals surface area contributed by atoms with Gasteiger partial charge in [-0.3, -0.25) is 0 Å². The van der Waals surface area contributed by atoms with Crippen LogP contribution >= 0.6 is 0 Å². The molecule has 0 heterocycles. The fourth-order valence-electron chi connectivity index (χ4n) is 2.19. The molecule has 1 fully saturated rings. The van der Waals surface area contributed by atoms with Crippen molar-refractivity contribution >= 4 is 0 Å². The molecule has 0 aromatic heterocycles. The van der Waals surface area contributed by atoms with E-state index in [1.807, 2.05) is 6.07 Å². The normalized spacial score (nSPS) is 17.2. The molecule has 1 aliphatic rings. The van der Waals surface area contributed by atoms with Crippen LogP contribution in [0.3, 0.4) is 0 Å². The van der Waals surface area contributed by atoms with Crippen LogP contribution in [-0.4, -0.2) is 6.54 Å². The summed E-state index contributed by atoms with van der Waals surface area (Å²) in [5.74, 6) is -0.166. The molecule has 2 rings (SSSR count). The fourth-order valence-corrected chi connectivity index (χ4v) is 2.19. The van der Waals surface area contributed by atoms with Gasteiger partial charge in [0.15, 0.2) is 0 Å². The fraction of sp³-hybridized carbons (Fsp3) is 0.500. The first-order valence-electron chi connectivity index (χ1n) is 6.02. The van der Waals surface area contributed by atoms with E-state index in [9.17, 15) is 4.39 Å². The third-order valence-corrected chi connectivity index (χ3v) is 3.56. The number of halogens is 1. The number of rotatable bonds is 4. The van der Waals surface area contributed by atoms with E-state index in [-0.39, 0.29) is 11.2 Å². The minimum atomic E-state index is -0.166. The van der Waals surface area contributed by atoms with E-state index in [0.29, 0.717) is 12.1 Å². The molecule has 0 saturated heterocycles. The topological polar surface area (TPSA) is 35.8 Å². The number of hydrogen-bond donors (Lipinski definition) is 1. The first-order valence-corrected chi connectivity index (χ1v) is 6.02. The maximum Gasteiger partial charge on any atom is 0.126 e. The first kappa shape index (κ1) is 12.1. The third kappa shape index (κ3) is 2.65. The summed E-state index contributed by atoms with van der Waals surface area (Å²) in [5.41, 5.74) is 1.59. The lowest BCUT2D eigenvalue weighted by atomic mass is 9.70. The smallest absolute Gasteiger partial charge is 0.126 e. The Morgan fingerprint density at radius 1 is 1.47 bits per heavy atom. The van der Waals surface area contributed by atoms with Crippen LogP contribution in [0, 0.1) is 29.5 Å². The van der Waals surface area contributed by atoms with Gasteiger partial charge in [0.25, 0.3) is 0 Å². The second kappa shape index (κ2) is 4.85. The molecular weight excluding hydrogens is 215 g/mol. The molecule has 0 spiro atoms. The first-order chi connectivity index (χ1) is 8.15. The van der Waals surface area contributed by atoms with E-state index in [4.69, 9.17) is 5.26 Å². The predicted molar refractivity (Wildman–Crippen MR) is 64.7 cm³/mol. The highest BCUT2D eigenvalue weighted by Crippen LogP contribution is 2.39. The van der Waals surface area contributed by atoms with Gasteiger partial charge >= 0.3 is 0 Å². The van der Waals surface area contributed by atoms with Crippen LogP contribution in [0.4, 0.5) is 4.39 Å². The zero-order valence-corrected chi connectivity index (χ0v) is 10.1. The van der Waals surface area contributed by atoms with E-state index in [0.717, 1.165) is 31.4 Å². The summed E-state index contributed by atoms with van der Waals surface area (Å²) >= 11 is 0. The van der Waals surface area contributed by atoms with Gasteiger partial charge in [-0.2, -0.15) is 5.26 Å². The van der Waals surface area contributed by atoms with Gasteiger partial charge in [0.05, 0.1) is 11.5 Å². The Labute approximate surface area is 101 Å². The Kier molecular flexibility index (Phi) is 3.44. The van der Waals surface area contributed by atoms with Gasteiger partial charge in [-0.05, 0) is 37.0 Å². The van der Waals surface area contributed by atoms with Crippen molar-refractivity contribution in [1.82, 2.24) is 5.32 Å². The van der Waals surface area contributed by atoms with Crippen molar-refractivity contribution < 1.29 is 4.39 Å². The molecule has 0 unspecified atom stereocenters. The Bertz CT molecular complexity index is 444. The Hall–Kier alpha value is -1.40. The quantitative estimate of drug-likeness (QED) is 0.866. The Balaban J connectivity index is 1.86. The lowest BCUT2D eigenvalue weighted by molar-refractivity contribution is 0.206. The van der Waals surface area contributed by atoms with Crippen LogP contribution in [0.25, 0.3) is 0 Å². The van der Waals surface area contributed by atoms with Crippen molar-refractivity contribution in [3.8, 4) is 6.07 Å². The second-order valence-electron chi connectivity index (χ2n) is 4.93. The average Bonchev–Trinajstić information content (AvgIpc) is 2.27. The monoisotopic (exact) mass is 232 g/mol. The van der Waals surface area contributed by atoms with Crippen LogP contribution in [0.15, 0.2) is 18.2 Å². The molecular formula is C14H17FN2. The molecule has 2 nitrogen and oxygen atoms in total. The van der Waals surface area contributed by atoms with E-state index in [2.05, 4.69) is 11.4 Å². The summed E-state index contributed by atoms with van der Waals surface area (Å²) < 4.78 is 13.1. The Morgan fingerprint density at radius 3 is 2.76 bits per heavy atom. The molecule has 0 bridgehead atoms. The largest absolute Gasteiger partial charge is 0.311 e. The SMILES string of the molecule is Cc1cc(CNCC2(C#N)CCC2)ccc1F. The number of nitrogens with one attached hydrogen (secondary N) is 1. The van der Waals surface area contributed by atoms with Gasteiger partial charge in [-0.25, -0.2) is 4.39 Å². The molecule has 0 amide bonds. The highest BCUT2D eigenvalue weighted by molar-refractivity contribution is 5.23. The molecule has 1 N–H and O–H groups in total. The highest BCUT2D eigenvalue weighted by atomic mass is 19.1. The summed E-state index contributed by atoms with van der Waals surface area (Å²) in [6.07, 6.45) is 3.16. The number of hydrogen-bond acceptors (Lipinski definition) is 2. The summed E-state index contributed by atoms with van der Waals surface area (Å²) in [6.45, 7) is 3.20. The van der Waals surface area contributed by atoms with Gasteiger partial charge in [-0.15, -0.1) is 0 Å². The molecule has 1 saturated carbocycles. The maximum absolute atomic E-state index is 13.1. The van der Waals surface area contributed by atoms with E-state index < -0.39 is 0 Å². The summed E-state index contributed by atoms with van der Waals surface area (Å²) in [5, 5.41) is 12.4. The standard InChI is InChI=1S/C14H17FN2/c1-11-7-12(3-4-13(11)15)8-17-10-14(9-16)5-2-6-14/h3-4,7,17H,2,5-6,8,10H2,1H3. The average molecular weight is 232 g/mol. The maximum atomic E-state index is 13.1. The zero-order chi connectivity index (χ0) is 12.3. The summed E-state index contributed by atoms with van der Waals surface area (Å²) in [4.78, 5) is 0. The van der Waals surface area contributed by atoms with Gasteiger partial charge in [0.1, 0.15) is 5.82 Å². The Morgan fingerprint density at radius 2 is 2.24 bits per heavy atom. The van der Waals surface area contributed by atoms with Crippen molar-refractivity contribution in [2.75, 3.05) is 6.54 Å². The van der Waals surface area contributed by atoms with Crippen LogP contribution in [0.2, 0.25) is 0 Å². The van der Waals surface area contributed by atoms with Crippen molar-refractivity contribution in [1.29, 1.82) is 5.26 Å². The molecule has 1 aromatic carbocycles. The van der Waals surface area contributed by atoms with Crippen LogP contribution in [-0.2, 0) is 6.54 Å². The number of benzene rings is 1. The van der Waals surface area contributed by atoms with Crippen molar-refractivity contribution in [2.24, 2.45) is 5.41 Å². The van der Waals surface area contributed by atoms with Crippen molar-refractivity contribution in [3.63, 3.8) is 0 Å². The van der Waals surface area contributed by atoms with Gasteiger partial charge < -0.3 is 5.32 Å². The number of nitriles is 1. The molecule has 0 radical (unpaired) electrons. The lowest BCUT2D eigenvalue weighted by Crippen LogP contribution is -2.38. The van der Waals surface area contributed by atoms with E-state index in [1.54, 1.807) is 13.0 Å². The van der Waals surface area contributed by atoms with Crippen molar-refractivity contribution in [3.05, 3.63) is 35.1 Å². The number of nitrogens with zero attached hydrogens (tertiary/aromatic N) is 1. The zero-order valence-electron chi connectivity index (χ0n) is 10.1. The minimum Gasteiger partial charge on any atom is -0.311 e. The molecule has 17 heavy (non-hydrogen) atoms. The summed E-state index contributed by atoms with van der Waals surface area (Å²) in [6, 6.07) is 7.53. The van der Waals surface area contributed by atoms with Gasteiger partial charge in [0, 0.05) is 13.1 Å². The van der Waals surface area contributed by atoms with E-state index >= 15 is 0 Å². The van der Waals surface area contributed by atoms with Crippen LogP contribution < -0.4 is 5.32 Å². The minimum absolute atomic E-state index is 0.144. The molecule has 1 aromatic rings. The van der Waals surface area contributed by atoms with Crippen molar-refractivity contribution in [2.45, 2.75) is 32.7 Å². The number of aryl methyl sites for hydroxylation is 1. The predicted octanol–water partition coefficient (Wildman–Crippen LogP) is 2.92. The highest BCUT2D eigenvalue weighted by Gasteiger charge is 2.36. The van der Waals surface area contributed by atoms with Gasteiger partial charge in [0.2, 0.25) is 0 Å². The lowest BCUT2D eigenvalue weighted by Gasteiger charge is -2.35. The molecule has 0 aliphatic heterocycles. The van der Waals surface area contributed by atoms with Gasteiger partial charge in [-0.1, -0.05) is 18.6 Å².